The third-order valence-corrected chi connectivity index (χ3v) is 4.61. The van der Waals surface area contributed by atoms with Gasteiger partial charge in [0.25, 0.3) is 5.91 Å². The summed E-state index contributed by atoms with van der Waals surface area (Å²) in [6, 6.07) is 0.0896. The zero-order valence-corrected chi connectivity index (χ0v) is 12.5. The molecule has 0 spiro atoms. The van der Waals surface area contributed by atoms with Gasteiger partial charge in [-0.15, -0.1) is 0 Å². The van der Waals surface area contributed by atoms with Crippen molar-refractivity contribution in [1.29, 1.82) is 0 Å². The minimum atomic E-state index is 0.0896. The van der Waals surface area contributed by atoms with Crippen LogP contribution in [0.2, 0.25) is 0 Å². The largest absolute Gasteiger partial charge is 0.335 e. The molecule has 2 rings (SSSR count). The maximum absolute atomic E-state index is 12.6. The Labute approximate surface area is 118 Å². The Morgan fingerprint density at radius 1 is 1.32 bits per heavy atom. The summed E-state index contributed by atoms with van der Waals surface area (Å²) in [7, 11) is 0. The molecular formula is C15H21NO2S. The number of ketones is 1. The molecule has 0 saturated carbocycles. The molecule has 1 aliphatic heterocycles. The molecule has 0 bridgehead atoms. The van der Waals surface area contributed by atoms with Gasteiger partial charge in [-0.2, -0.15) is 11.3 Å². The van der Waals surface area contributed by atoms with Gasteiger partial charge in [-0.25, -0.2) is 0 Å². The van der Waals surface area contributed by atoms with Gasteiger partial charge in [0, 0.05) is 24.4 Å². The van der Waals surface area contributed by atoms with Crippen LogP contribution in [-0.2, 0) is 4.79 Å². The van der Waals surface area contributed by atoms with Crippen molar-refractivity contribution in [2.24, 2.45) is 0 Å². The molecule has 1 aliphatic rings. The molecule has 1 atom stereocenters. The quantitative estimate of drug-likeness (QED) is 0.850. The number of hydrogen-bond acceptors (Lipinski definition) is 3. The zero-order valence-electron chi connectivity index (χ0n) is 11.6. The van der Waals surface area contributed by atoms with Crippen LogP contribution in [0.4, 0.5) is 0 Å². The lowest BCUT2D eigenvalue weighted by atomic mass is 10.0. The van der Waals surface area contributed by atoms with E-state index in [1.54, 1.807) is 18.3 Å². The second-order valence-corrected chi connectivity index (χ2v) is 6.12. The first-order valence-corrected chi connectivity index (χ1v) is 7.87. The van der Waals surface area contributed by atoms with Crippen molar-refractivity contribution in [2.45, 2.75) is 52.0 Å². The van der Waals surface area contributed by atoms with Crippen LogP contribution >= 0.6 is 11.3 Å². The summed E-state index contributed by atoms with van der Waals surface area (Å²) in [6.45, 7) is 4.37. The number of rotatable bonds is 3. The lowest BCUT2D eigenvalue weighted by molar-refractivity contribution is -0.118. The van der Waals surface area contributed by atoms with E-state index >= 15 is 0 Å². The SMILES string of the molecule is CC(=O)CC1CCCCCN1C(=O)c1cscc1C. The normalized spacial score (nSPS) is 20.1. The van der Waals surface area contributed by atoms with E-state index in [0.29, 0.717) is 6.42 Å². The Hall–Kier alpha value is -1.16. The smallest absolute Gasteiger partial charge is 0.255 e. The summed E-state index contributed by atoms with van der Waals surface area (Å²) in [5.74, 6) is 0.277. The number of nitrogens with zero attached hydrogens (tertiary/aromatic N) is 1. The van der Waals surface area contributed by atoms with Gasteiger partial charge in [-0.3, -0.25) is 9.59 Å². The summed E-state index contributed by atoms with van der Waals surface area (Å²) >= 11 is 1.56. The molecule has 1 unspecified atom stereocenters. The fraction of sp³-hybridized carbons (Fsp3) is 0.600. The van der Waals surface area contributed by atoms with Crippen molar-refractivity contribution in [3.05, 3.63) is 21.9 Å². The minimum Gasteiger partial charge on any atom is -0.335 e. The topological polar surface area (TPSA) is 37.4 Å². The molecule has 0 aromatic carbocycles. The first-order valence-electron chi connectivity index (χ1n) is 6.93. The van der Waals surface area contributed by atoms with Crippen LogP contribution in [0.3, 0.4) is 0 Å². The van der Waals surface area contributed by atoms with Gasteiger partial charge in [0.15, 0.2) is 0 Å². The van der Waals surface area contributed by atoms with Crippen LogP contribution in [0.25, 0.3) is 0 Å². The number of Topliss-reactive ketones (excluding diaryl/α,β-unsaturated/α-hetero) is 1. The molecule has 19 heavy (non-hydrogen) atoms. The summed E-state index contributed by atoms with van der Waals surface area (Å²) < 4.78 is 0. The molecule has 0 N–H and O–H groups in total. The van der Waals surface area contributed by atoms with Crippen molar-refractivity contribution in [1.82, 2.24) is 4.90 Å². The number of carbonyl (C=O) groups is 2. The fourth-order valence-corrected chi connectivity index (χ4v) is 3.55. The van der Waals surface area contributed by atoms with Crippen LogP contribution in [-0.4, -0.2) is 29.2 Å². The molecule has 1 fully saturated rings. The molecule has 1 saturated heterocycles. The molecule has 104 valence electrons. The lowest BCUT2D eigenvalue weighted by Crippen LogP contribution is -2.41. The van der Waals surface area contributed by atoms with Crippen molar-refractivity contribution in [3.8, 4) is 0 Å². The third-order valence-electron chi connectivity index (χ3n) is 3.75. The second kappa shape index (κ2) is 6.33. The van der Waals surface area contributed by atoms with Gasteiger partial charge in [0.1, 0.15) is 5.78 Å². The minimum absolute atomic E-state index is 0.0896. The number of likely N-dealkylation sites (tertiary alicyclic amines) is 1. The van der Waals surface area contributed by atoms with Gasteiger partial charge in [-0.05, 0) is 37.6 Å². The Balaban J connectivity index is 2.20. The standard InChI is InChI=1S/C15H21NO2S/c1-11-9-19-10-14(11)15(18)16-7-5-3-4-6-13(16)8-12(2)17/h9-10,13H,3-8H2,1-2H3. The van der Waals surface area contributed by atoms with Crippen LogP contribution < -0.4 is 0 Å². The van der Waals surface area contributed by atoms with Gasteiger partial charge < -0.3 is 4.90 Å². The lowest BCUT2D eigenvalue weighted by Gasteiger charge is -2.29. The highest BCUT2D eigenvalue weighted by Gasteiger charge is 2.28. The van der Waals surface area contributed by atoms with Gasteiger partial charge >= 0.3 is 0 Å². The molecule has 3 nitrogen and oxygen atoms in total. The molecule has 1 aromatic heterocycles. The maximum atomic E-state index is 12.6. The van der Waals surface area contributed by atoms with Crippen molar-refractivity contribution in [3.63, 3.8) is 0 Å². The van der Waals surface area contributed by atoms with E-state index in [1.165, 1.54) is 0 Å². The van der Waals surface area contributed by atoms with Crippen LogP contribution in [0.1, 0.15) is 54.9 Å². The first kappa shape index (κ1) is 14.3. The van der Waals surface area contributed by atoms with E-state index < -0.39 is 0 Å². The van der Waals surface area contributed by atoms with Crippen LogP contribution in [0.15, 0.2) is 10.8 Å². The maximum Gasteiger partial charge on any atom is 0.255 e. The highest BCUT2D eigenvalue weighted by atomic mass is 32.1. The Morgan fingerprint density at radius 2 is 2.11 bits per heavy atom. The number of amides is 1. The van der Waals surface area contributed by atoms with Crippen molar-refractivity contribution >= 4 is 23.0 Å². The molecule has 2 heterocycles. The summed E-state index contributed by atoms with van der Waals surface area (Å²) in [6.07, 6.45) is 4.76. The highest BCUT2D eigenvalue weighted by molar-refractivity contribution is 7.08. The number of aryl methyl sites for hydroxylation is 1. The monoisotopic (exact) mass is 279 g/mol. The van der Waals surface area contributed by atoms with E-state index in [1.807, 2.05) is 22.6 Å². The first-order chi connectivity index (χ1) is 9.09. The average molecular weight is 279 g/mol. The molecule has 0 radical (unpaired) electrons. The van der Waals surface area contributed by atoms with E-state index in [9.17, 15) is 9.59 Å². The van der Waals surface area contributed by atoms with E-state index in [-0.39, 0.29) is 17.7 Å². The van der Waals surface area contributed by atoms with Crippen LogP contribution in [0, 0.1) is 6.92 Å². The van der Waals surface area contributed by atoms with Crippen molar-refractivity contribution < 1.29 is 9.59 Å². The van der Waals surface area contributed by atoms with Crippen LogP contribution in [0.5, 0.6) is 0 Å². The number of hydrogen-bond donors (Lipinski definition) is 0. The second-order valence-electron chi connectivity index (χ2n) is 5.38. The molecule has 1 aromatic rings. The van der Waals surface area contributed by atoms with Crippen molar-refractivity contribution in [2.75, 3.05) is 6.54 Å². The predicted octanol–water partition coefficient (Wildman–Crippen LogP) is 3.42. The summed E-state index contributed by atoms with van der Waals surface area (Å²) in [5.41, 5.74) is 1.85. The number of carbonyl (C=O) groups excluding carboxylic acids is 2. The summed E-state index contributed by atoms with van der Waals surface area (Å²) in [4.78, 5) is 26.0. The van der Waals surface area contributed by atoms with Gasteiger partial charge in [-0.1, -0.05) is 12.8 Å². The molecule has 1 amide bonds. The van der Waals surface area contributed by atoms with Gasteiger partial charge in [0.05, 0.1) is 5.56 Å². The Bertz CT molecular complexity index is 466. The number of thiophene rings is 1. The molecule has 0 aliphatic carbocycles. The van der Waals surface area contributed by atoms with Gasteiger partial charge in [0.2, 0.25) is 0 Å². The zero-order chi connectivity index (χ0) is 13.8. The van der Waals surface area contributed by atoms with E-state index in [4.69, 9.17) is 0 Å². The van der Waals surface area contributed by atoms with E-state index in [0.717, 1.165) is 43.4 Å². The fourth-order valence-electron chi connectivity index (χ4n) is 2.72. The molecular weight excluding hydrogens is 258 g/mol. The van der Waals surface area contributed by atoms with E-state index in [2.05, 4.69) is 0 Å². The molecule has 4 heteroatoms. The average Bonchev–Trinajstić information content (AvgIpc) is 2.64. The Kier molecular flexibility index (Phi) is 4.75. The summed E-state index contributed by atoms with van der Waals surface area (Å²) in [5, 5.41) is 3.93. The highest BCUT2D eigenvalue weighted by Crippen LogP contribution is 2.24. The third kappa shape index (κ3) is 3.44. The Morgan fingerprint density at radius 3 is 2.74 bits per heavy atom. The predicted molar refractivity (Wildman–Crippen MR) is 77.6 cm³/mol.